The lowest BCUT2D eigenvalue weighted by Crippen LogP contribution is -2.53. The second kappa shape index (κ2) is 3.80. The standard InChI is InChI=1S/C10H10N2O4/c13-8-3-6(1-2-11-8)9(14)12-4-7(5-12)10(15)16/h1-3,7H,4-5H2,(H,11,13)(H,15,16). The topological polar surface area (TPSA) is 90.5 Å². The summed E-state index contributed by atoms with van der Waals surface area (Å²) in [6.07, 6.45) is 1.39. The third kappa shape index (κ3) is 1.81. The number of hydrogen-bond donors (Lipinski definition) is 2. The number of nitrogens with one attached hydrogen (secondary N) is 1. The van der Waals surface area contributed by atoms with Gasteiger partial charge in [0.05, 0.1) is 5.92 Å². The van der Waals surface area contributed by atoms with E-state index < -0.39 is 11.9 Å². The minimum atomic E-state index is -0.894. The van der Waals surface area contributed by atoms with E-state index in [9.17, 15) is 14.4 Å². The monoisotopic (exact) mass is 222 g/mol. The summed E-state index contributed by atoms with van der Waals surface area (Å²) in [5.74, 6) is -1.68. The van der Waals surface area contributed by atoms with E-state index in [2.05, 4.69) is 4.98 Å². The Morgan fingerprint density at radius 3 is 2.69 bits per heavy atom. The number of aromatic nitrogens is 1. The molecule has 6 heteroatoms. The Kier molecular flexibility index (Phi) is 2.47. The maximum atomic E-state index is 11.7. The maximum absolute atomic E-state index is 11.7. The van der Waals surface area contributed by atoms with E-state index >= 15 is 0 Å². The molecular weight excluding hydrogens is 212 g/mol. The van der Waals surface area contributed by atoms with E-state index in [1.165, 1.54) is 23.2 Å². The lowest BCUT2D eigenvalue weighted by Gasteiger charge is -2.36. The number of amides is 1. The molecule has 6 nitrogen and oxygen atoms in total. The Bertz CT molecular complexity index is 488. The predicted octanol–water partition coefficient (Wildman–Crippen LogP) is -0.468. The zero-order valence-electron chi connectivity index (χ0n) is 8.34. The average molecular weight is 222 g/mol. The van der Waals surface area contributed by atoms with Crippen LogP contribution < -0.4 is 5.56 Å². The van der Waals surface area contributed by atoms with E-state index in [0.29, 0.717) is 0 Å². The van der Waals surface area contributed by atoms with Gasteiger partial charge >= 0.3 is 5.97 Å². The molecule has 0 spiro atoms. The van der Waals surface area contributed by atoms with Crippen molar-refractivity contribution in [1.82, 2.24) is 9.88 Å². The zero-order valence-corrected chi connectivity index (χ0v) is 8.34. The molecule has 1 aromatic heterocycles. The maximum Gasteiger partial charge on any atom is 0.310 e. The highest BCUT2D eigenvalue weighted by atomic mass is 16.4. The summed E-state index contributed by atoms with van der Waals surface area (Å²) in [4.78, 5) is 37.1. The number of carbonyl (C=O) groups is 2. The molecule has 1 aliphatic rings. The largest absolute Gasteiger partial charge is 0.481 e. The molecule has 0 atom stereocenters. The molecular formula is C10H10N2O4. The summed E-state index contributed by atoms with van der Waals surface area (Å²) < 4.78 is 0. The van der Waals surface area contributed by atoms with Crippen molar-refractivity contribution in [1.29, 1.82) is 0 Å². The Balaban J connectivity index is 2.06. The number of carboxylic acids is 1. The van der Waals surface area contributed by atoms with Gasteiger partial charge in [0.1, 0.15) is 0 Å². The number of nitrogens with zero attached hydrogens (tertiary/aromatic N) is 1. The van der Waals surface area contributed by atoms with Crippen molar-refractivity contribution in [2.45, 2.75) is 0 Å². The van der Waals surface area contributed by atoms with Crippen LogP contribution in [0.25, 0.3) is 0 Å². The molecule has 1 fully saturated rings. The van der Waals surface area contributed by atoms with Gasteiger partial charge < -0.3 is 15.0 Å². The van der Waals surface area contributed by atoms with Crippen LogP contribution in [-0.4, -0.2) is 40.0 Å². The van der Waals surface area contributed by atoms with Crippen LogP contribution in [-0.2, 0) is 4.79 Å². The molecule has 0 saturated carbocycles. The predicted molar refractivity (Wildman–Crippen MR) is 54.1 cm³/mol. The molecule has 0 aromatic carbocycles. The van der Waals surface area contributed by atoms with Gasteiger partial charge in [-0.15, -0.1) is 0 Å². The average Bonchev–Trinajstić information content (AvgIpc) is 2.14. The highest BCUT2D eigenvalue weighted by Gasteiger charge is 2.35. The number of aliphatic carboxylic acids is 1. The fourth-order valence-corrected chi connectivity index (χ4v) is 1.56. The van der Waals surface area contributed by atoms with Gasteiger partial charge in [0.25, 0.3) is 5.91 Å². The van der Waals surface area contributed by atoms with Crippen LogP contribution >= 0.6 is 0 Å². The van der Waals surface area contributed by atoms with Crippen LogP contribution in [0.2, 0.25) is 0 Å². The third-order valence-electron chi connectivity index (χ3n) is 2.54. The van der Waals surface area contributed by atoms with E-state index in [1.807, 2.05) is 0 Å². The summed E-state index contributed by atoms with van der Waals surface area (Å²) >= 11 is 0. The van der Waals surface area contributed by atoms with E-state index in [4.69, 9.17) is 5.11 Å². The number of rotatable bonds is 2. The fraction of sp³-hybridized carbons (Fsp3) is 0.300. The highest BCUT2D eigenvalue weighted by Crippen LogP contribution is 2.17. The molecule has 1 aliphatic heterocycles. The number of H-pyrrole nitrogens is 1. The smallest absolute Gasteiger partial charge is 0.310 e. The molecule has 1 aromatic rings. The quantitative estimate of drug-likeness (QED) is 0.707. The van der Waals surface area contributed by atoms with Gasteiger partial charge in [0, 0.05) is 30.9 Å². The molecule has 84 valence electrons. The first-order chi connectivity index (χ1) is 7.58. The lowest BCUT2D eigenvalue weighted by atomic mass is 9.99. The molecule has 0 radical (unpaired) electrons. The molecule has 1 amide bonds. The summed E-state index contributed by atoms with van der Waals surface area (Å²) in [5, 5.41) is 8.65. The molecule has 2 heterocycles. The summed E-state index contributed by atoms with van der Waals surface area (Å²) in [7, 11) is 0. The van der Waals surface area contributed by atoms with Crippen molar-refractivity contribution < 1.29 is 14.7 Å². The van der Waals surface area contributed by atoms with Crippen LogP contribution in [0.5, 0.6) is 0 Å². The zero-order chi connectivity index (χ0) is 11.7. The number of aromatic amines is 1. The van der Waals surface area contributed by atoms with Gasteiger partial charge in [0.2, 0.25) is 5.56 Å². The molecule has 2 N–H and O–H groups in total. The van der Waals surface area contributed by atoms with Crippen LogP contribution in [0.3, 0.4) is 0 Å². The molecule has 0 bridgehead atoms. The number of hydrogen-bond acceptors (Lipinski definition) is 3. The Hall–Kier alpha value is -2.11. The van der Waals surface area contributed by atoms with Gasteiger partial charge in [-0.25, -0.2) is 0 Å². The Labute approximate surface area is 90.5 Å². The Morgan fingerprint density at radius 2 is 2.12 bits per heavy atom. The number of carboxylic acid groups (broad SMARTS) is 1. The molecule has 0 unspecified atom stereocenters. The van der Waals surface area contributed by atoms with Crippen LogP contribution in [0.15, 0.2) is 23.1 Å². The minimum Gasteiger partial charge on any atom is -0.481 e. The van der Waals surface area contributed by atoms with Crippen molar-refractivity contribution in [2.75, 3.05) is 13.1 Å². The van der Waals surface area contributed by atoms with E-state index in [-0.39, 0.29) is 30.1 Å². The summed E-state index contributed by atoms with van der Waals surface area (Å²) in [5.41, 5.74) is -0.0613. The lowest BCUT2D eigenvalue weighted by molar-refractivity contribution is -0.146. The normalized spacial score (nSPS) is 15.6. The van der Waals surface area contributed by atoms with E-state index in [0.717, 1.165) is 0 Å². The first-order valence-electron chi connectivity index (χ1n) is 4.79. The first-order valence-corrected chi connectivity index (χ1v) is 4.79. The van der Waals surface area contributed by atoms with Crippen LogP contribution in [0, 0.1) is 5.92 Å². The number of pyridine rings is 1. The van der Waals surface area contributed by atoms with Gasteiger partial charge in [0.15, 0.2) is 0 Å². The van der Waals surface area contributed by atoms with Gasteiger partial charge in [-0.2, -0.15) is 0 Å². The van der Waals surface area contributed by atoms with Crippen molar-refractivity contribution in [3.8, 4) is 0 Å². The number of likely N-dealkylation sites (tertiary alicyclic amines) is 1. The Morgan fingerprint density at radius 1 is 1.44 bits per heavy atom. The first kappa shape index (κ1) is 10.4. The summed E-state index contributed by atoms with van der Waals surface area (Å²) in [6.45, 7) is 0.419. The molecule has 2 rings (SSSR count). The van der Waals surface area contributed by atoms with Gasteiger partial charge in [-0.1, -0.05) is 0 Å². The third-order valence-corrected chi connectivity index (χ3v) is 2.54. The van der Waals surface area contributed by atoms with Crippen molar-refractivity contribution in [3.63, 3.8) is 0 Å². The van der Waals surface area contributed by atoms with Gasteiger partial charge in [-0.05, 0) is 6.07 Å². The van der Waals surface area contributed by atoms with E-state index in [1.54, 1.807) is 0 Å². The second-order valence-electron chi connectivity index (χ2n) is 3.69. The van der Waals surface area contributed by atoms with Gasteiger partial charge in [-0.3, -0.25) is 14.4 Å². The fourth-order valence-electron chi connectivity index (χ4n) is 1.56. The minimum absolute atomic E-state index is 0.209. The highest BCUT2D eigenvalue weighted by molar-refractivity contribution is 5.95. The molecule has 1 saturated heterocycles. The molecule has 16 heavy (non-hydrogen) atoms. The summed E-state index contributed by atoms with van der Waals surface area (Å²) in [6, 6.07) is 2.70. The van der Waals surface area contributed by atoms with Crippen molar-refractivity contribution >= 4 is 11.9 Å². The van der Waals surface area contributed by atoms with Crippen molar-refractivity contribution in [2.24, 2.45) is 5.92 Å². The van der Waals surface area contributed by atoms with Crippen LogP contribution in [0.4, 0.5) is 0 Å². The number of carbonyl (C=O) groups excluding carboxylic acids is 1. The van der Waals surface area contributed by atoms with Crippen molar-refractivity contribution in [3.05, 3.63) is 34.2 Å². The van der Waals surface area contributed by atoms with Crippen LogP contribution in [0.1, 0.15) is 10.4 Å². The molecule has 0 aliphatic carbocycles. The second-order valence-corrected chi connectivity index (χ2v) is 3.69. The SMILES string of the molecule is O=C(O)C1CN(C(=O)c2cc[nH]c(=O)c2)C1.